The maximum atomic E-state index is 13.5. The Kier molecular flexibility index (Phi) is 3.88. The van der Waals surface area contributed by atoms with Crippen molar-refractivity contribution in [2.24, 2.45) is 35.5 Å². The van der Waals surface area contributed by atoms with Crippen LogP contribution in [0.3, 0.4) is 0 Å². The Hall–Kier alpha value is -3.54. The van der Waals surface area contributed by atoms with Crippen molar-refractivity contribution >= 4 is 35.0 Å². The molecule has 6 heteroatoms. The van der Waals surface area contributed by atoms with Gasteiger partial charge in [-0.3, -0.25) is 29.0 Å². The normalized spacial score (nSPS) is 32.7. The number of carbonyl (C=O) groups is 4. The summed E-state index contributed by atoms with van der Waals surface area (Å²) in [4.78, 5) is 56.5. The fraction of sp³-hybridized carbons (Fsp3) is 0.308. The zero-order valence-corrected chi connectivity index (χ0v) is 17.8. The molecule has 3 aliphatic carbocycles. The minimum atomic E-state index is -0.603. The van der Waals surface area contributed by atoms with E-state index in [1.807, 2.05) is 62.4 Å². The van der Waals surface area contributed by atoms with E-state index in [9.17, 15) is 19.2 Å². The number of imide groups is 2. The highest BCUT2D eigenvalue weighted by Crippen LogP contribution is 2.58. The summed E-state index contributed by atoms with van der Waals surface area (Å²) in [5, 5.41) is 0. The SMILES string of the molecule is Cc1cccc(N2C(=O)[C@@H]3C4C=CC([C@H]3C2=O)[C@@H]2C(=O)N(c3cccc(C)c3)C(=O)[C@@H]42)c1. The van der Waals surface area contributed by atoms with Gasteiger partial charge in [0.1, 0.15) is 0 Å². The predicted molar refractivity (Wildman–Crippen MR) is 117 cm³/mol. The van der Waals surface area contributed by atoms with Crippen LogP contribution in [0.1, 0.15) is 11.1 Å². The number of amides is 4. The molecule has 2 bridgehead atoms. The van der Waals surface area contributed by atoms with Crippen LogP contribution in [0.25, 0.3) is 0 Å². The summed E-state index contributed by atoms with van der Waals surface area (Å²) in [7, 11) is 0. The molecule has 2 heterocycles. The number of aryl methyl sites for hydroxylation is 2. The van der Waals surface area contributed by atoms with Gasteiger partial charge < -0.3 is 0 Å². The van der Waals surface area contributed by atoms with E-state index in [0.717, 1.165) is 11.1 Å². The number of hydrogen-bond acceptors (Lipinski definition) is 4. The highest BCUT2D eigenvalue weighted by molar-refractivity contribution is 6.26. The number of benzene rings is 2. The van der Waals surface area contributed by atoms with Crippen molar-refractivity contribution in [1.29, 1.82) is 0 Å². The Morgan fingerprint density at radius 1 is 0.562 bits per heavy atom. The van der Waals surface area contributed by atoms with Gasteiger partial charge in [-0.1, -0.05) is 36.4 Å². The van der Waals surface area contributed by atoms with Crippen molar-refractivity contribution in [1.82, 2.24) is 0 Å². The van der Waals surface area contributed by atoms with Crippen molar-refractivity contribution < 1.29 is 19.2 Å². The zero-order valence-electron chi connectivity index (χ0n) is 17.8. The molecule has 7 rings (SSSR count). The van der Waals surface area contributed by atoms with Crippen molar-refractivity contribution in [3.63, 3.8) is 0 Å². The van der Waals surface area contributed by atoms with Crippen LogP contribution in [0.5, 0.6) is 0 Å². The lowest BCUT2D eigenvalue weighted by molar-refractivity contribution is -0.137. The first kappa shape index (κ1) is 19.2. The molecule has 0 aromatic heterocycles. The molecule has 160 valence electrons. The molecular weight excluding hydrogens is 404 g/mol. The van der Waals surface area contributed by atoms with Crippen LogP contribution in [0.2, 0.25) is 0 Å². The zero-order chi connectivity index (χ0) is 22.3. The third-order valence-corrected chi connectivity index (χ3v) is 7.53. The fourth-order valence-electron chi connectivity index (χ4n) is 6.27. The van der Waals surface area contributed by atoms with E-state index in [-0.39, 0.29) is 23.6 Å². The monoisotopic (exact) mass is 426 g/mol. The number of rotatable bonds is 2. The van der Waals surface area contributed by atoms with Crippen LogP contribution in [0.15, 0.2) is 60.7 Å². The van der Waals surface area contributed by atoms with Crippen molar-refractivity contribution in [2.75, 3.05) is 9.80 Å². The lowest BCUT2D eigenvalue weighted by atomic mass is 9.54. The van der Waals surface area contributed by atoms with E-state index >= 15 is 0 Å². The summed E-state index contributed by atoms with van der Waals surface area (Å²) in [6.07, 6.45) is 3.78. The van der Waals surface area contributed by atoms with E-state index in [4.69, 9.17) is 0 Å². The minimum Gasteiger partial charge on any atom is -0.274 e. The second-order valence-electron chi connectivity index (χ2n) is 9.34. The molecule has 3 fully saturated rings. The smallest absolute Gasteiger partial charge is 0.238 e. The minimum absolute atomic E-state index is 0.266. The molecule has 4 amide bonds. The Balaban J connectivity index is 1.41. The van der Waals surface area contributed by atoms with Gasteiger partial charge in [0.05, 0.1) is 35.0 Å². The fourth-order valence-corrected chi connectivity index (χ4v) is 6.27. The second kappa shape index (κ2) is 6.48. The van der Waals surface area contributed by atoms with E-state index in [1.54, 1.807) is 12.1 Å². The molecule has 5 aliphatic rings. The number of hydrogen-bond donors (Lipinski definition) is 0. The summed E-state index contributed by atoms with van der Waals surface area (Å²) in [6.45, 7) is 3.82. The van der Waals surface area contributed by atoms with Gasteiger partial charge in [0.2, 0.25) is 23.6 Å². The Morgan fingerprint density at radius 3 is 1.22 bits per heavy atom. The molecule has 2 aliphatic heterocycles. The summed E-state index contributed by atoms with van der Waals surface area (Å²) in [5.74, 6) is -4.38. The van der Waals surface area contributed by atoms with Gasteiger partial charge in [-0.05, 0) is 49.2 Å². The number of allylic oxidation sites excluding steroid dienone is 2. The van der Waals surface area contributed by atoms with Crippen LogP contribution in [-0.2, 0) is 19.2 Å². The van der Waals surface area contributed by atoms with Crippen LogP contribution < -0.4 is 9.80 Å². The van der Waals surface area contributed by atoms with Crippen molar-refractivity contribution in [3.8, 4) is 0 Å². The summed E-state index contributed by atoms with van der Waals surface area (Å²) < 4.78 is 0. The number of nitrogens with zero attached hydrogens (tertiary/aromatic N) is 2. The Bertz CT molecular complexity index is 1110. The van der Waals surface area contributed by atoms with Gasteiger partial charge in [0, 0.05) is 11.8 Å². The summed E-state index contributed by atoms with van der Waals surface area (Å²) in [6, 6.07) is 14.6. The van der Waals surface area contributed by atoms with Gasteiger partial charge >= 0.3 is 0 Å². The van der Waals surface area contributed by atoms with E-state index in [0.29, 0.717) is 11.4 Å². The quantitative estimate of drug-likeness (QED) is 0.547. The van der Waals surface area contributed by atoms with Gasteiger partial charge in [-0.15, -0.1) is 0 Å². The van der Waals surface area contributed by atoms with Crippen LogP contribution in [0.4, 0.5) is 11.4 Å². The van der Waals surface area contributed by atoms with Gasteiger partial charge in [0.25, 0.3) is 0 Å². The molecule has 1 saturated carbocycles. The average Bonchev–Trinajstić information content (AvgIpc) is 3.21. The molecule has 6 nitrogen and oxygen atoms in total. The molecule has 0 spiro atoms. The standard InChI is InChI=1S/C26H22N2O4/c1-13-5-3-7-15(11-13)27-23(29)19-17-9-10-18(20(19)24(27)30)22-21(17)25(31)28(26(22)32)16-8-4-6-14(2)12-16/h3-12,17-22H,1-2H3/t17?,18?,19-,20-,21+,22+. The highest BCUT2D eigenvalue weighted by Gasteiger charge is 2.68. The predicted octanol–water partition coefficient (Wildman–Crippen LogP) is 3.03. The molecule has 6 atom stereocenters. The van der Waals surface area contributed by atoms with Gasteiger partial charge in [0.15, 0.2) is 0 Å². The third-order valence-electron chi connectivity index (χ3n) is 7.53. The molecular formula is C26H22N2O4. The van der Waals surface area contributed by atoms with E-state index < -0.39 is 35.5 Å². The number of anilines is 2. The van der Waals surface area contributed by atoms with E-state index in [1.165, 1.54) is 9.80 Å². The number of carbonyl (C=O) groups excluding carboxylic acids is 4. The molecule has 2 aromatic carbocycles. The second-order valence-corrected chi connectivity index (χ2v) is 9.34. The Morgan fingerprint density at radius 2 is 0.906 bits per heavy atom. The third kappa shape index (κ3) is 2.35. The highest BCUT2D eigenvalue weighted by atomic mass is 16.2. The summed E-state index contributed by atoms with van der Waals surface area (Å²) >= 11 is 0. The van der Waals surface area contributed by atoms with E-state index in [2.05, 4.69) is 0 Å². The van der Waals surface area contributed by atoms with Crippen LogP contribution in [-0.4, -0.2) is 23.6 Å². The topological polar surface area (TPSA) is 74.8 Å². The molecule has 2 saturated heterocycles. The maximum absolute atomic E-state index is 13.5. The molecule has 2 unspecified atom stereocenters. The first-order valence-electron chi connectivity index (χ1n) is 11.0. The lowest BCUT2D eigenvalue weighted by Crippen LogP contribution is -2.50. The van der Waals surface area contributed by atoms with Gasteiger partial charge in [-0.2, -0.15) is 0 Å². The van der Waals surface area contributed by atoms with Crippen molar-refractivity contribution in [3.05, 3.63) is 71.8 Å². The summed E-state index contributed by atoms with van der Waals surface area (Å²) in [5.41, 5.74) is 3.01. The molecule has 0 radical (unpaired) electrons. The van der Waals surface area contributed by atoms with Crippen LogP contribution >= 0.6 is 0 Å². The first-order chi connectivity index (χ1) is 15.4. The maximum Gasteiger partial charge on any atom is 0.238 e. The lowest BCUT2D eigenvalue weighted by Gasteiger charge is -2.44. The molecule has 2 aromatic rings. The van der Waals surface area contributed by atoms with Gasteiger partial charge in [-0.25, -0.2) is 0 Å². The average molecular weight is 426 g/mol. The molecule has 32 heavy (non-hydrogen) atoms. The van der Waals surface area contributed by atoms with Crippen LogP contribution in [0, 0.1) is 49.4 Å². The largest absolute Gasteiger partial charge is 0.274 e. The first-order valence-corrected chi connectivity index (χ1v) is 11.0. The Labute approximate surface area is 185 Å². The molecule has 0 N–H and O–H groups in total. The van der Waals surface area contributed by atoms with Crippen molar-refractivity contribution in [2.45, 2.75) is 13.8 Å².